The fraction of sp³-hybridized carbons (Fsp3) is 0.333. The Labute approximate surface area is 276 Å². The van der Waals surface area contributed by atoms with Crippen molar-refractivity contribution in [2.75, 3.05) is 11.6 Å². The second-order valence-corrected chi connectivity index (χ2v) is 13.4. The smallest absolute Gasteiger partial charge is 0.399 e. The number of alkyl halides is 6. The fourth-order valence-electron chi connectivity index (χ4n) is 4.45. The average molecular weight is 722 g/mol. The van der Waals surface area contributed by atoms with Crippen molar-refractivity contribution in [3.8, 4) is 5.75 Å². The summed E-state index contributed by atoms with van der Waals surface area (Å²) >= 11 is 6.12. The minimum Gasteiger partial charge on any atom is -0.399 e. The molecule has 1 heterocycles. The summed E-state index contributed by atoms with van der Waals surface area (Å²) < 4.78 is 129. The highest BCUT2D eigenvalue weighted by molar-refractivity contribution is 7.88. The van der Waals surface area contributed by atoms with Crippen LogP contribution in [0, 0.1) is 0 Å². The van der Waals surface area contributed by atoms with Crippen LogP contribution >= 0.6 is 11.6 Å². The highest BCUT2D eigenvalue weighted by atomic mass is 35.5. The van der Waals surface area contributed by atoms with Crippen molar-refractivity contribution in [3.63, 3.8) is 0 Å². The third-order valence-corrected chi connectivity index (χ3v) is 8.90. The zero-order valence-corrected chi connectivity index (χ0v) is 27.2. The van der Waals surface area contributed by atoms with E-state index < -0.39 is 81.0 Å². The van der Waals surface area contributed by atoms with E-state index in [1.807, 2.05) is 0 Å². The van der Waals surface area contributed by atoms with E-state index >= 15 is 0 Å². The molecular weight excluding hydrogens is 695 g/mol. The Morgan fingerprint density at radius 3 is 2.00 bits per heavy atom. The molecule has 3 aromatic carbocycles. The molecule has 1 aliphatic heterocycles. The van der Waals surface area contributed by atoms with Crippen molar-refractivity contribution in [1.82, 2.24) is 0 Å². The Bertz CT molecular complexity index is 1790. The molecule has 1 amide bonds. The van der Waals surface area contributed by atoms with Crippen molar-refractivity contribution in [1.29, 1.82) is 0 Å². The highest BCUT2D eigenvalue weighted by Gasteiger charge is 2.56. The molecule has 1 aliphatic rings. The van der Waals surface area contributed by atoms with Gasteiger partial charge in [-0.05, 0) is 51.5 Å². The number of Topliss-reactive ketones (excluding diaryl/α,β-unsaturated/α-hetero) is 1. The van der Waals surface area contributed by atoms with Gasteiger partial charge in [0.2, 0.25) is 0 Å². The van der Waals surface area contributed by atoms with Crippen LogP contribution in [0.5, 0.6) is 5.75 Å². The quantitative estimate of drug-likeness (QED) is 0.0459. The van der Waals surface area contributed by atoms with Gasteiger partial charge < -0.3 is 18.2 Å². The van der Waals surface area contributed by atoms with Gasteiger partial charge in [0.1, 0.15) is 12.5 Å². The van der Waals surface area contributed by atoms with Gasteiger partial charge in [0.05, 0.1) is 34.1 Å². The molecule has 0 saturated carbocycles. The number of hydrogen-bond donors (Lipinski definition) is 0. The maximum atomic E-state index is 14.8. The minimum atomic E-state index is -6.51. The normalized spacial score (nSPS) is 16.1. The fourth-order valence-corrected chi connectivity index (χ4v) is 5.12. The number of carbonyl (C=O) groups is 2. The molecule has 258 valence electrons. The highest BCUT2D eigenvalue weighted by Crippen LogP contribution is 2.42. The Morgan fingerprint density at radius 1 is 0.896 bits per heavy atom. The zero-order valence-electron chi connectivity index (χ0n) is 25.6. The Hall–Kier alpha value is -3.64. The summed E-state index contributed by atoms with van der Waals surface area (Å²) in [5.74, 6) is -4.37. The molecular formula is C30H27BClF6NO8S. The molecule has 0 atom stereocenters. The maximum absolute atomic E-state index is 14.8. The van der Waals surface area contributed by atoms with Gasteiger partial charge in [-0.3, -0.25) is 14.5 Å². The summed E-state index contributed by atoms with van der Waals surface area (Å²) in [7, 11) is -8.46. The topological polar surface area (TPSA) is 108 Å². The van der Waals surface area contributed by atoms with Crippen LogP contribution in [-0.2, 0) is 41.7 Å². The number of rotatable bonds is 10. The lowest BCUT2D eigenvalue weighted by Crippen LogP contribution is -2.47. The summed E-state index contributed by atoms with van der Waals surface area (Å²) in [5.41, 5.74) is -12.1. The monoisotopic (exact) mass is 721 g/mol. The van der Waals surface area contributed by atoms with E-state index in [2.05, 4.69) is 4.18 Å². The van der Waals surface area contributed by atoms with Crippen molar-refractivity contribution >= 4 is 51.7 Å². The van der Waals surface area contributed by atoms with Gasteiger partial charge in [-0.15, -0.1) is 0 Å². The molecule has 0 bridgehead atoms. The van der Waals surface area contributed by atoms with Gasteiger partial charge >= 0.3 is 34.8 Å². The number of halogens is 7. The standard InChI is InChI=1S/C30H27BClF6NO8S/c1-27(2)28(3,4)47-31(46-27)24-21(29(33,34)35)14-19(45-48(42,43)30(36,37)38)15-23(24)39(17-44-16-18-10-6-5-7-11-18)26(41)25(40)20-12-8-9-13-22(20)32/h5-15H,16-17H2,1-4H3. The second-order valence-electron chi connectivity index (χ2n) is 11.5. The van der Waals surface area contributed by atoms with E-state index in [1.165, 1.54) is 45.9 Å². The average Bonchev–Trinajstić information content (AvgIpc) is 3.19. The van der Waals surface area contributed by atoms with Crippen LogP contribution in [-0.4, -0.2) is 50.7 Å². The van der Waals surface area contributed by atoms with E-state index in [0.717, 1.165) is 6.07 Å². The van der Waals surface area contributed by atoms with Gasteiger partial charge in [0, 0.05) is 17.1 Å². The minimum absolute atomic E-state index is 0.00344. The van der Waals surface area contributed by atoms with Gasteiger partial charge in [-0.25, -0.2) is 0 Å². The van der Waals surface area contributed by atoms with E-state index in [-0.39, 0.29) is 23.3 Å². The van der Waals surface area contributed by atoms with Gasteiger partial charge in [-0.2, -0.15) is 34.8 Å². The molecule has 0 spiro atoms. The maximum Gasteiger partial charge on any atom is 0.534 e. The van der Waals surface area contributed by atoms with E-state index in [0.29, 0.717) is 16.5 Å². The van der Waals surface area contributed by atoms with E-state index in [4.69, 9.17) is 25.6 Å². The summed E-state index contributed by atoms with van der Waals surface area (Å²) in [6.07, 6.45) is -5.43. The van der Waals surface area contributed by atoms with Crippen LogP contribution < -0.4 is 14.5 Å². The molecule has 4 rings (SSSR count). The number of ketones is 1. The van der Waals surface area contributed by atoms with Crippen molar-refractivity contribution in [2.24, 2.45) is 0 Å². The van der Waals surface area contributed by atoms with Crippen LogP contribution in [0.15, 0.2) is 66.7 Å². The molecule has 0 aliphatic carbocycles. The second kappa shape index (κ2) is 13.3. The molecule has 48 heavy (non-hydrogen) atoms. The molecule has 0 aromatic heterocycles. The number of nitrogens with zero attached hydrogens (tertiary/aromatic N) is 1. The van der Waals surface area contributed by atoms with Gasteiger partial charge in [0.15, 0.2) is 0 Å². The molecule has 0 radical (unpaired) electrons. The zero-order chi connectivity index (χ0) is 35.9. The Balaban J connectivity index is 1.98. The van der Waals surface area contributed by atoms with Crippen LogP contribution in [0.1, 0.15) is 49.2 Å². The molecule has 0 unspecified atom stereocenters. The summed E-state index contributed by atoms with van der Waals surface area (Å²) in [6, 6.07) is 13.9. The Kier molecular flexibility index (Phi) is 10.3. The number of hydrogen-bond acceptors (Lipinski definition) is 8. The van der Waals surface area contributed by atoms with Crippen molar-refractivity contribution < 1.29 is 62.6 Å². The van der Waals surface area contributed by atoms with Crippen LogP contribution in [0.25, 0.3) is 0 Å². The number of ether oxygens (including phenoxy) is 1. The molecule has 18 heteroatoms. The Morgan fingerprint density at radius 2 is 1.46 bits per heavy atom. The number of amides is 1. The molecule has 1 fully saturated rings. The lowest BCUT2D eigenvalue weighted by Gasteiger charge is -2.32. The molecule has 3 aromatic rings. The summed E-state index contributed by atoms with van der Waals surface area (Å²) in [5, 5.41) is -0.198. The number of carbonyl (C=O) groups excluding carboxylic acids is 2. The first kappa shape index (κ1) is 37.2. The first-order valence-corrected chi connectivity index (χ1v) is 15.7. The molecule has 9 nitrogen and oxygen atoms in total. The molecule has 0 N–H and O–H groups in total. The van der Waals surface area contributed by atoms with E-state index in [9.17, 15) is 44.3 Å². The number of anilines is 1. The molecule has 1 saturated heterocycles. The number of benzene rings is 3. The lowest BCUT2D eigenvalue weighted by atomic mass is 9.73. The third kappa shape index (κ3) is 7.81. The SMILES string of the molecule is CC1(C)OB(c2c(N(COCc3ccccc3)C(=O)C(=O)c3ccccc3Cl)cc(OS(=O)(=O)C(F)(F)F)cc2C(F)(F)F)OC1(C)C. The predicted octanol–water partition coefficient (Wildman–Crippen LogP) is 6.28. The first-order valence-electron chi connectivity index (χ1n) is 13.9. The van der Waals surface area contributed by atoms with Crippen LogP contribution in [0.3, 0.4) is 0 Å². The largest absolute Gasteiger partial charge is 0.534 e. The third-order valence-electron chi connectivity index (χ3n) is 7.60. The van der Waals surface area contributed by atoms with E-state index in [1.54, 1.807) is 30.3 Å². The van der Waals surface area contributed by atoms with Crippen LogP contribution in [0.4, 0.5) is 32.0 Å². The van der Waals surface area contributed by atoms with Crippen molar-refractivity contribution in [3.05, 3.63) is 88.4 Å². The predicted molar refractivity (Wildman–Crippen MR) is 162 cm³/mol. The van der Waals surface area contributed by atoms with Gasteiger partial charge in [-0.1, -0.05) is 54.1 Å². The summed E-state index contributed by atoms with van der Waals surface area (Å²) in [4.78, 5) is 27.8. The van der Waals surface area contributed by atoms with Crippen molar-refractivity contribution in [2.45, 2.75) is 57.2 Å². The van der Waals surface area contributed by atoms with Crippen LogP contribution in [0.2, 0.25) is 5.02 Å². The summed E-state index contributed by atoms with van der Waals surface area (Å²) in [6.45, 7) is 4.78. The lowest BCUT2D eigenvalue weighted by molar-refractivity contribution is -0.137. The van der Waals surface area contributed by atoms with Gasteiger partial charge in [0.25, 0.3) is 5.78 Å². The first-order chi connectivity index (χ1) is 22.1.